The van der Waals surface area contributed by atoms with E-state index in [1.54, 1.807) is 20.0 Å². The van der Waals surface area contributed by atoms with Gasteiger partial charge >= 0.3 is 5.97 Å². The molecular weight excluding hydrogens is 506 g/mol. The van der Waals surface area contributed by atoms with Gasteiger partial charge in [0.15, 0.2) is 0 Å². The van der Waals surface area contributed by atoms with E-state index in [1.165, 1.54) is 19.4 Å². The molecule has 0 bridgehead atoms. The number of nitrogens with one attached hydrogen (secondary N) is 5. The molecule has 210 valence electrons. The topological polar surface area (TPSA) is 215 Å². The van der Waals surface area contributed by atoms with E-state index in [4.69, 9.17) is 5.73 Å². The van der Waals surface area contributed by atoms with Crippen LogP contribution in [-0.4, -0.2) is 79.1 Å². The molecule has 0 aliphatic rings. The number of para-hydroxylation sites is 1. The van der Waals surface area contributed by atoms with Crippen molar-refractivity contribution < 1.29 is 29.4 Å². The van der Waals surface area contributed by atoms with Crippen molar-refractivity contribution >= 4 is 34.6 Å². The molecule has 0 saturated carbocycles. The van der Waals surface area contributed by atoms with Crippen LogP contribution >= 0.6 is 0 Å². The zero-order valence-electron chi connectivity index (χ0n) is 22.0. The number of aliphatic carboxylic acids is 1. The number of aliphatic hydroxyl groups is 1. The third kappa shape index (κ3) is 7.65. The molecule has 0 fully saturated rings. The number of aromatic nitrogens is 3. The fourth-order valence-corrected chi connectivity index (χ4v) is 4.04. The number of carbonyl (C=O) groups is 4. The number of H-pyrrole nitrogens is 2. The molecule has 3 aromatic rings. The van der Waals surface area contributed by atoms with E-state index in [-0.39, 0.29) is 18.8 Å². The van der Waals surface area contributed by atoms with Crippen LogP contribution in [0.3, 0.4) is 0 Å². The molecule has 9 N–H and O–H groups in total. The van der Waals surface area contributed by atoms with E-state index in [1.807, 2.05) is 24.3 Å². The number of hydrogen-bond donors (Lipinski definition) is 8. The van der Waals surface area contributed by atoms with E-state index in [0.717, 1.165) is 10.9 Å². The van der Waals surface area contributed by atoms with Gasteiger partial charge in [0.05, 0.1) is 18.5 Å². The maximum Gasteiger partial charge on any atom is 0.326 e. The highest BCUT2D eigenvalue weighted by atomic mass is 16.4. The average molecular weight is 542 g/mol. The van der Waals surface area contributed by atoms with Gasteiger partial charge in [-0.15, -0.1) is 0 Å². The Morgan fingerprint density at radius 1 is 0.949 bits per heavy atom. The zero-order valence-corrected chi connectivity index (χ0v) is 22.0. The van der Waals surface area contributed by atoms with Crippen molar-refractivity contribution in [1.82, 2.24) is 30.9 Å². The zero-order chi connectivity index (χ0) is 28.7. The summed E-state index contributed by atoms with van der Waals surface area (Å²) in [7, 11) is 0. The second-order valence-electron chi connectivity index (χ2n) is 9.80. The number of rotatable bonds is 13. The molecule has 13 heteroatoms. The molecule has 5 atom stereocenters. The highest BCUT2D eigenvalue weighted by Crippen LogP contribution is 2.19. The number of nitrogens with two attached hydrogens (primary N) is 1. The van der Waals surface area contributed by atoms with Crippen molar-refractivity contribution in [2.75, 3.05) is 0 Å². The number of benzene rings is 1. The molecule has 0 radical (unpaired) electrons. The standard InChI is InChI=1S/C26H35N7O6/c1-13(2)21(27)24(36)31-19(9-16-11-28-12-30-16)23(35)33-22(14(3)34)25(37)32-20(26(38)39)8-15-10-29-18-7-5-4-6-17(15)18/h4-7,10-14,19-22,29,34H,8-9,27H2,1-3H3,(H,28,30)(H,31,36)(H,32,37)(H,33,35)(H,38,39). The Bertz CT molecular complexity index is 1290. The van der Waals surface area contributed by atoms with Crippen LogP contribution in [0, 0.1) is 5.92 Å². The van der Waals surface area contributed by atoms with Gasteiger partial charge in [-0.2, -0.15) is 0 Å². The average Bonchev–Trinajstić information content (AvgIpc) is 3.55. The lowest BCUT2D eigenvalue weighted by Crippen LogP contribution is -2.60. The van der Waals surface area contributed by atoms with Gasteiger partial charge in [-0.05, 0) is 24.5 Å². The van der Waals surface area contributed by atoms with E-state index >= 15 is 0 Å². The summed E-state index contributed by atoms with van der Waals surface area (Å²) in [6.07, 6.45) is 3.17. The summed E-state index contributed by atoms with van der Waals surface area (Å²) in [6, 6.07) is 2.48. The fourth-order valence-electron chi connectivity index (χ4n) is 4.04. The first kappa shape index (κ1) is 29.3. The maximum absolute atomic E-state index is 13.2. The molecule has 13 nitrogen and oxygen atoms in total. The Balaban J connectivity index is 1.75. The first-order valence-corrected chi connectivity index (χ1v) is 12.6. The fraction of sp³-hybridized carbons (Fsp3) is 0.423. The maximum atomic E-state index is 13.2. The van der Waals surface area contributed by atoms with Crippen molar-refractivity contribution in [2.24, 2.45) is 11.7 Å². The Hall–Kier alpha value is -4.23. The van der Waals surface area contributed by atoms with Gasteiger partial charge in [0.1, 0.15) is 18.1 Å². The van der Waals surface area contributed by atoms with Crippen molar-refractivity contribution in [2.45, 2.75) is 63.9 Å². The molecule has 3 amide bonds. The largest absolute Gasteiger partial charge is 0.480 e. The van der Waals surface area contributed by atoms with Crippen LogP contribution in [0.25, 0.3) is 10.9 Å². The van der Waals surface area contributed by atoms with E-state index in [0.29, 0.717) is 11.3 Å². The molecular formula is C26H35N7O6. The Labute approximate surface area is 225 Å². The quantitative estimate of drug-likeness (QED) is 0.142. The number of hydrogen-bond acceptors (Lipinski definition) is 7. The van der Waals surface area contributed by atoms with E-state index < -0.39 is 54.0 Å². The monoisotopic (exact) mass is 541 g/mol. The number of imidazole rings is 1. The van der Waals surface area contributed by atoms with E-state index in [2.05, 4.69) is 30.9 Å². The second kappa shape index (κ2) is 13.0. The summed E-state index contributed by atoms with van der Waals surface area (Å²) in [5.41, 5.74) is 7.96. The lowest BCUT2D eigenvalue weighted by molar-refractivity contribution is -0.143. The minimum atomic E-state index is -1.50. The SMILES string of the molecule is CC(C)C(N)C(=O)NC(Cc1cnc[nH]1)C(=O)NC(C(=O)NC(Cc1c[nH]c2ccccc12)C(=O)O)C(C)O. The van der Waals surface area contributed by atoms with Crippen molar-refractivity contribution in [3.8, 4) is 0 Å². The minimum absolute atomic E-state index is 0.00878. The molecule has 0 saturated heterocycles. The predicted octanol–water partition coefficient (Wildman–Crippen LogP) is -0.421. The predicted molar refractivity (Wildman–Crippen MR) is 142 cm³/mol. The number of aromatic amines is 2. The number of aliphatic hydroxyl groups excluding tert-OH is 1. The van der Waals surface area contributed by atoms with Crippen molar-refractivity contribution in [3.63, 3.8) is 0 Å². The lowest BCUT2D eigenvalue weighted by Gasteiger charge is -2.26. The van der Waals surface area contributed by atoms with Crippen molar-refractivity contribution in [1.29, 1.82) is 0 Å². The van der Waals surface area contributed by atoms with Crippen LogP contribution in [0.15, 0.2) is 43.0 Å². The number of fused-ring (bicyclic) bond motifs is 1. The number of nitrogens with zero attached hydrogens (tertiary/aromatic N) is 1. The Morgan fingerprint density at radius 2 is 1.64 bits per heavy atom. The minimum Gasteiger partial charge on any atom is -0.480 e. The van der Waals surface area contributed by atoms with Gasteiger partial charge in [-0.3, -0.25) is 14.4 Å². The lowest BCUT2D eigenvalue weighted by atomic mass is 10.0. The highest BCUT2D eigenvalue weighted by molar-refractivity contribution is 5.94. The Morgan fingerprint density at radius 3 is 2.26 bits per heavy atom. The summed E-state index contributed by atoms with van der Waals surface area (Å²) in [4.78, 5) is 60.8. The first-order valence-electron chi connectivity index (χ1n) is 12.6. The van der Waals surface area contributed by atoms with Gasteiger partial charge in [-0.1, -0.05) is 32.0 Å². The third-order valence-corrected chi connectivity index (χ3v) is 6.41. The molecule has 39 heavy (non-hydrogen) atoms. The summed E-state index contributed by atoms with van der Waals surface area (Å²) in [5, 5.41) is 28.4. The summed E-state index contributed by atoms with van der Waals surface area (Å²) in [6.45, 7) is 4.81. The van der Waals surface area contributed by atoms with Gasteiger partial charge in [0.25, 0.3) is 0 Å². The van der Waals surface area contributed by atoms with Crippen LogP contribution in [0.2, 0.25) is 0 Å². The molecule has 1 aromatic carbocycles. The van der Waals surface area contributed by atoms with Crippen LogP contribution < -0.4 is 21.7 Å². The summed E-state index contributed by atoms with van der Waals surface area (Å²) in [5.74, 6) is -3.69. The molecule has 0 aliphatic carbocycles. The molecule has 3 rings (SSSR count). The van der Waals surface area contributed by atoms with Crippen LogP contribution in [0.1, 0.15) is 32.0 Å². The molecule has 0 spiro atoms. The molecule has 5 unspecified atom stereocenters. The highest BCUT2D eigenvalue weighted by Gasteiger charge is 2.33. The van der Waals surface area contributed by atoms with Crippen molar-refractivity contribution in [3.05, 3.63) is 54.2 Å². The van der Waals surface area contributed by atoms with Crippen LogP contribution in [0.5, 0.6) is 0 Å². The number of carboxylic acid groups (broad SMARTS) is 1. The second-order valence-corrected chi connectivity index (χ2v) is 9.80. The Kier molecular flexibility index (Phi) is 9.79. The molecule has 0 aliphatic heterocycles. The normalized spacial score (nSPS) is 15.2. The summed E-state index contributed by atoms with van der Waals surface area (Å²) < 4.78 is 0. The van der Waals surface area contributed by atoms with Gasteiger partial charge in [-0.25, -0.2) is 9.78 Å². The smallest absolute Gasteiger partial charge is 0.326 e. The number of carbonyl (C=O) groups excluding carboxylic acids is 3. The van der Waals surface area contributed by atoms with Crippen LogP contribution in [-0.2, 0) is 32.0 Å². The van der Waals surface area contributed by atoms with Gasteiger partial charge in [0.2, 0.25) is 17.7 Å². The van der Waals surface area contributed by atoms with Gasteiger partial charge < -0.3 is 41.9 Å². The number of amides is 3. The van der Waals surface area contributed by atoms with E-state index in [9.17, 15) is 29.4 Å². The number of carboxylic acids is 1. The third-order valence-electron chi connectivity index (χ3n) is 6.41. The summed E-state index contributed by atoms with van der Waals surface area (Å²) >= 11 is 0. The molecule has 2 heterocycles. The van der Waals surface area contributed by atoms with Gasteiger partial charge in [0, 0.05) is 41.8 Å². The van der Waals surface area contributed by atoms with Crippen LogP contribution in [0.4, 0.5) is 0 Å². The first-order chi connectivity index (χ1) is 18.5. The molecule has 2 aromatic heterocycles.